The number of hydrogen-bond acceptors (Lipinski definition) is 4. The first-order valence-electron chi connectivity index (χ1n) is 9.51. The molecule has 2 amide bonds. The Morgan fingerprint density at radius 3 is 1.36 bits per heavy atom. The summed E-state index contributed by atoms with van der Waals surface area (Å²) in [5.41, 5.74) is 1.02. The molecule has 28 heavy (non-hydrogen) atoms. The molecule has 6 nitrogen and oxygen atoms in total. The van der Waals surface area contributed by atoms with Crippen LogP contribution in [0.2, 0.25) is 0 Å². The zero-order valence-electron chi connectivity index (χ0n) is 16.2. The zero-order valence-corrected chi connectivity index (χ0v) is 16.2. The number of aromatic hydroxyl groups is 2. The molecule has 0 aromatic heterocycles. The first-order valence-corrected chi connectivity index (χ1v) is 9.51. The number of rotatable bonds is 4. The molecule has 1 saturated carbocycles. The standard InChI is InChI=1S/C22H26N2O4/c1-23(21(27)15-7-11-17(25)12-8-15)19-5-3-4-6-20(19)24(2)22(28)16-9-13-18(26)14-10-16/h7-14,19-20,25-26H,3-6H2,1-2H3/t19-,20-/m1/s1. The average molecular weight is 382 g/mol. The van der Waals surface area contributed by atoms with E-state index in [0.717, 1.165) is 25.7 Å². The Hall–Kier alpha value is -3.02. The summed E-state index contributed by atoms with van der Waals surface area (Å²) < 4.78 is 0. The fraction of sp³-hybridized carbons (Fsp3) is 0.364. The molecular weight excluding hydrogens is 356 g/mol. The van der Waals surface area contributed by atoms with Crippen molar-refractivity contribution in [2.75, 3.05) is 14.1 Å². The number of hydrogen-bond donors (Lipinski definition) is 2. The van der Waals surface area contributed by atoms with Crippen LogP contribution < -0.4 is 0 Å². The van der Waals surface area contributed by atoms with Crippen molar-refractivity contribution in [2.45, 2.75) is 37.8 Å². The average Bonchev–Trinajstić information content (AvgIpc) is 2.72. The molecule has 1 aliphatic carbocycles. The van der Waals surface area contributed by atoms with Crippen LogP contribution in [0.3, 0.4) is 0 Å². The van der Waals surface area contributed by atoms with Gasteiger partial charge in [-0.15, -0.1) is 0 Å². The van der Waals surface area contributed by atoms with E-state index >= 15 is 0 Å². The molecule has 0 heterocycles. The topological polar surface area (TPSA) is 81.1 Å². The van der Waals surface area contributed by atoms with Gasteiger partial charge in [-0.1, -0.05) is 12.8 Å². The Labute approximate surface area is 165 Å². The van der Waals surface area contributed by atoms with E-state index in [9.17, 15) is 19.8 Å². The maximum absolute atomic E-state index is 12.9. The lowest BCUT2D eigenvalue weighted by Crippen LogP contribution is -2.54. The van der Waals surface area contributed by atoms with Gasteiger partial charge in [0.15, 0.2) is 0 Å². The number of carbonyl (C=O) groups excluding carboxylic acids is 2. The summed E-state index contributed by atoms with van der Waals surface area (Å²) in [4.78, 5) is 29.3. The summed E-state index contributed by atoms with van der Waals surface area (Å²) in [6.45, 7) is 0. The second-order valence-electron chi connectivity index (χ2n) is 7.35. The third-order valence-corrected chi connectivity index (χ3v) is 5.56. The van der Waals surface area contributed by atoms with Gasteiger partial charge in [0.1, 0.15) is 11.5 Å². The lowest BCUT2D eigenvalue weighted by Gasteiger charge is -2.42. The summed E-state index contributed by atoms with van der Waals surface area (Å²) in [6, 6.07) is 12.3. The normalized spacial score (nSPS) is 19.1. The molecule has 2 aromatic carbocycles. The Morgan fingerprint density at radius 2 is 1.04 bits per heavy atom. The number of benzene rings is 2. The maximum Gasteiger partial charge on any atom is 0.253 e. The SMILES string of the molecule is CN(C(=O)c1ccc(O)cc1)[C@@H]1CCCC[C@H]1N(C)C(=O)c1ccc(O)cc1. The second-order valence-corrected chi connectivity index (χ2v) is 7.35. The van der Waals surface area contributed by atoms with Crippen molar-refractivity contribution in [3.8, 4) is 11.5 Å². The molecule has 0 saturated heterocycles. The molecule has 0 spiro atoms. The third-order valence-electron chi connectivity index (χ3n) is 5.56. The van der Waals surface area contributed by atoms with Crippen molar-refractivity contribution in [1.29, 1.82) is 0 Å². The highest BCUT2D eigenvalue weighted by atomic mass is 16.3. The number of phenols is 2. The van der Waals surface area contributed by atoms with Gasteiger partial charge in [0, 0.05) is 25.2 Å². The fourth-order valence-electron chi connectivity index (χ4n) is 3.91. The second kappa shape index (κ2) is 8.33. The minimum absolute atomic E-state index is 0.0823. The number of amides is 2. The van der Waals surface area contributed by atoms with Gasteiger partial charge in [0.05, 0.1) is 12.1 Å². The number of carbonyl (C=O) groups is 2. The van der Waals surface area contributed by atoms with Gasteiger partial charge < -0.3 is 20.0 Å². The summed E-state index contributed by atoms with van der Waals surface area (Å²) in [5.74, 6) is -0.00675. The highest BCUT2D eigenvalue weighted by Gasteiger charge is 2.35. The predicted octanol–water partition coefficient (Wildman–Crippen LogP) is 3.25. The van der Waals surface area contributed by atoms with Crippen LogP contribution in [0.4, 0.5) is 0 Å². The Morgan fingerprint density at radius 1 is 0.714 bits per heavy atom. The van der Waals surface area contributed by atoms with Gasteiger partial charge in [-0.25, -0.2) is 0 Å². The molecule has 1 fully saturated rings. The van der Waals surface area contributed by atoms with Crippen LogP contribution in [0.1, 0.15) is 46.4 Å². The van der Waals surface area contributed by atoms with Crippen LogP contribution in [0.25, 0.3) is 0 Å². The largest absolute Gasteiger partial charge is 0.508 e. The van der Waals surface area contributed by atoms with E-state index in [2.05, 4.69) is 0 Å². The van der Waals surface area contributed by atoms with Crippen molar-refractivity contribution >= 4 is 11.8 Å². The van der Waals surface area contributed by atoms with Gasteiger partial charge in [-0.2, -0.15) is 0 Å². The van der Waals surface area contributed by atoms with Gasteiger partial charge in [-0.3, -0.25) is 9.59 Å². The van der Waals surface area contributed by atoms with Crippen LogP contribution in [0.15, 0.2) is 48.5 Å². The monoisotopic (exact) mass is 382 g/mol. The number of nitrogens with zero attached hydrogens (tertiary/aromatic N) is 2. The summed E-state index contributed by atoms with van der Waals surface area (Å²) in [7, 11) is 3.55. The van der Waals surface area contributed by atoms with Gasteiger partial charge in [-0.05, 0) is 61.4 Å². The predicted molar refractivity (Wildman–Crippen MR) is 106 cm³/mol. The zero-order chi connectivity index (χ0) is 20.3. The van der Waals surface area contributed by atoms with E-state index in [4.69, 9.17) is 0 Å². The molecule has 2 atom stereocenters. The maximum atomic E-state index is 12.9. The summed E-state index contributed by atoms with van der Waals surface area (Å²) in [6.07, 6.45) is 3.68. The summed E-state index contributed by atoms with van der Waals surface area (Å²) >= 11 is 0. The number of likely N-dealkylation sites (N-methyl/N-ethyl adjacent to an activating group) is 2. The molecule has 148 valence electrons. The molecular formula is C22H26N2O4. The van der Waals surface area contributed by atoms with E-state index in [0.29, 0.717) is 11.1 Å². The van der Waals surface area contributed by atoms with Crippen LogP contribution in [-0.4, -0.2) is 58.0 Å². The molecule has 0 aliphatic heterocycles. The van der Waals surface area contributed by atoms with Crippen LogP contribution >= 0.6 is 0 Å². The minimum Gasteiger partial charge on any atom is -0.508 e. The van der Waals surface area contributed by atoms with E-state index < -0.39 is 0 Å². The van der Waals surface area contributed by atoms with Crippen molar-refractivity contribution in [3.05, 3.63) is 59.7 Å². The Balaban J connectivity index is 1.78. The Bertz CT molecular complexity index is 761. The quantitative estimate of drug-likeness (QED) is 0.851. The summed E-state index contributed by atoms with van der Waals surface area (Å²) in [5, 5.41) is 18.9. The van der Waals surface area contributed by atoms with E-state index in [1.807, 2.05) is 0 Å². The van der Waals surface area contributed by atoms with Gasteiger partial charge in [0.25, 0.3) is 11.8 Å². The van der Waals surface area contributed by atoms with Crippen molar-refractivity contribution in [2.24, 2.45) is 0 Å². The van der Waals surface area contributed by atoms with E-state index in [-0.39, 0.29) is 35.4 Å². The van der Waals surface area contributed by atoms with E-state index in [1.54, 1.807) is 48.2 Å². The van der Waals surface area contributed by atoms with Crippen LogP contribution in [-0.2, 0) is 0 Å². The first-order chi connectivity index (χ1) is 13.4. The first kappa shape index (κ1) is 19.7. The van der Waals surface area contributed by atoms with Crippen molar-refractivity contribution in [3.63, 3.8) is 0 Å². The molecule has 6 heteroatoms. The van der Waals surface area contributed by atoms with Crippen LogP contribution in [0.5, 0.6) is 11.5 Å². The molecule has 2 aromatic rings. The van der Waals surface area contributed by atoms with Gasteiger partial charge >= 0.3 is 0 Å². The minimum atomic E-state index is -0.123. The smallest absolute Gasteiger partial charge is 0.253 e. The van der Waals surface area contributed by atoms with Crippen molar-refractivity contribution in [1.82, 2.24) is 9.80 Å². The molecule has 0 radical (unpaired) electrons. The molecule has 0 unspecified atom stereocenters. The molecule has 0 bridgehead atoms. The highest BCUT2D eigenvalue weighted by molar-refractivity contribution is 5.95. The lowest BCUT2D eigenvalue weighted by atomic mass is 9.87. The molecule has 2 N–H and O–H groups in total. The Kier molecular flexibility index (Phi) is 5.87. The highest BCUT2D eigenvalue weighted by Crippen LogP contribution is 2.28. The third kappa shape index (κ3) is 4.11. The molecule has 1 aliphatic rings. The lowest BCUT2D eigenvalue weighted by molar-refractivity contribution is 0.0421. The molecule has 3 rings (SSSR count). The van der Waals surface area contributed by atoms with Crippen molar-refractivity contribution < 1.29 is 19.8 Å². The van der Waals surface area contributed by atoms with Gasteiger partial charge in [0.2, 0.25) is 0 Å². The van der Waals surface area contributed by atoms with E-state index in [1.165, 1.54) is 24.3 Å². The fourth-order valence-corrected chi connectivity index (χ4v) is 3.91. The number of phenolic OH excluding ortho intramolecular Hbond substituents is 2. The van der Waals surface area contributed by atoms with Crippen LogP contribution in [0, 0.1) is 0 Å².